The standard InChI is InChI=1S/C16H27NO3/c1-11(2)14(18)10-17-9-13-7-6-8-15(19-5)16(13)20-12(3)4/h6-8,11-12,14,17-18H,9-10H2,1-5H3. The maximum Gasteiger partial charge on any atom is 0.166 e. The predicted molar refractivity (Wildman–Crippen MR) is 81.3 cm³/mol. The number of benzene rings is 1. The molecule has 1 aromatic carbocycles. The van der Waals surface area contributed by atoms with E-state index in [9.17, 15) is 5.11 Å². The molecule has 0 heterocycles. The first kappa shape index (κ1) is 16.8. The van der Waals surface area contributed by atoms with Crippen LogP contribution in [0.4, 0.5) is 0 Å². The zero-order valence-corrected chi connectivity index (χ0v) is 13.1. The van der Waals surface area contributed by atoms with Crippen molar-refractivity contribution in [2.45, 2.75) is 46.4 Å². The minimum absolute atomic E-state index is 0.0892. The van der Waals surface area contributed by atoms with Crippen LogP contribution < -0.4 is 14.8 Å². The lowest BCUT2D eigenvalue weighted by Crippen LogP contribution is -2.30. The maximum atomic E-state index is 9.80. The van der Waals surface area contributed by atoms with Crippen LogP contribution in [0, 0.1) is 5.92 Å². The van der Waals surface area contributed by atoms with Crippen molar-refractivity contribution in [3.8, 4) is 11.5 Å². The van der Waals surface area contributed by atoms with Crippen LogP contribution in [0.3, 0.4) is 0 Å². The average molecular weight is 281 g/mol. The number of hydrogen-bond donors (Lipinski definition) is 2. The number of hydrogen-bond acceptors (Lipinski definition) is 4. The normalized spacial score (nSPS) is 12.8. The van der Waals surface area contributed by atoms with Gasteiger partial charge in [-0.25, -0.2) is 0 Å². The molecule has 0 spiro atoms. The molecule has 1 rings (SSSR count). The summed E-state index contributed by atoms with van der Waals surface area (Å²) in [5.74, 6) is 1.76. The van der Waals surface area contributed by atoms with E-state index in [1.807, 2.05) is 45.9 Å². The van der Waals surface area contributed by atoms with Gasteiger partial charge in [0.15, 0.2) is 11.5 Å². The van der Waals surface area contributed by atoms with Gasteiger partial charge in [0.05, 0.1) is 19.3 Å². The van der Waals surface area contributed by atoms with Crippen molar-refractivity contribution in [2.75, 3.05) is 13.7 Å². The quantitative estimate of drug-likeness (QED) is 0.769. The molecule has 114 valence electrons. The van der Waals surface area contributed by atoms with Gasteiger partial charge in [0.25, 0.3) is 0 Å². The van der Waals surface area contributed by atoms with Gasteiger partial charge in [0, 0.05) is 18.7 Å². The van der Waals surface area contributed by atoms with Gasteiger partial charge in [-0.2, -0.15) is 0 Å². The Hall–Kier alpha value is -1.26. The van der Waals surface area contributed by atoms with E-state index in [4.69, 9.17) is 9.47 Å². The van der Waals surface area contributed by atoms with Crippen molar-refractivity contribution in [1.82, 2.24) is 5.32 Å². The second-order valence-electron chi connectivity index (χ2n) is 5.56. The van der Waals surface area contributed by atoms with E-state index in [0.29, 0.717) is 13.1 Å². The van der Waals surface area contributed by atoms with Crippen LogP contribution in [0.5, 0.6) is 11.5 Å². The molecular formula is C16H27NO3. The van der Waals surface area contributed by atoms with Crippen LogP contribution in [-0.4, -0.2) is 31.0 Å². The van der Waals surface area contributed by atoms with Gasteiger partial charge < -0.3 is 19.9 Å². The highest BCUT2D eigenvalue weighted by Gasteiger charge is 2.13. The smallest absolute Gasteiger partial charge is 0.166 e. The summed E-state index contributed by atoms with van der Waals surface area (Å²) in [5.41, 5.74) is 1.04. The molecule has 0 radical (unpaired) electrons. The Balaban J connectivity index is 2.73. The third-order valence-electron chi connectivity index (χ3n) is 3.07. The fourth-order valence-corrected chi connectivity index (χ4v) is 1.82. The SMILES string of the molecule is COc1cccc(CNCC(O)C(C)C)c1OC(C)C. The van der Waals surface area contributed by atoms with Gasteiger partial charge in [-0.05, 0) is 25.8 Å². The van der Waals surface area contributed by atoms with Crippen LogP contribution in [0.2, 0.25) is 0 Å². The van der Waals surface area contributed by atoms with Gasteiger partial charge in [-0.1, -0.05) is 26.0 Å². The fraction of sp³-hybridized carbons (Fsp3) is 0.625. The molecule has 0 aliphatic rings. The predicted octanol–water partition coefficient (Wildman–Crippen LogP) is 2.59. The van der Waals surface area contributed by atoms with Crippen molar-refractivity contribution in [3.63, 3.8) is 0 Å². The lowest BCUT2D eigenvalue weighted by atomic mass is 10.1. The van der Waals surface area contributed by atoms with E-state index in [2.05, 4.69) is 5.32 Å². The van der Waals surface area contributed by atoms with Gasteiger partial charge in [0.1, 0.15) is 0 Å². The van der Waals surface area contributed by atoms with E-state index in [-0.39, 0.29) is 18.1 Å². The summed E-state index contributed by atoms with van der Waals surface area (Å²) in [5, 5.41) is 13.1. The molecule has 20 heavy (non-hydrogen) atoms. The Morgan fingerprint density at radius 3 is 2.45 bits per heavy atom. The van der Waals surface area contributed by atoms with E-state index < -0.39 is 0 Å². The van der Waals surface area contributed by atoms with Gasteiger partial charge in [-0.3, -0.25) is 0 Å². The highest BCUT2D eigenvalue weighted by molar-refractivity contribution is 5.46. The first-order chi connectivity index (χ1) is 9.45. The molecule has 0 amide bonds. The highest BCUT2D eigenvalue weighted by Crippen LogP contribution is 2.31. The van der Waals surface area contributed by atoms with Crippen molar-refractivity contribution >= 4 is 0 Å². The van der Waals surface area contributed by atoms with Gasteiger partial charge in [0.2, 0.25) is 0 Å². The molecule has 0 aliphatic carbocycles. The van der Waals surface area contributed by atoms with Crippen LogP contribution in [0.15, 0.2) is 18.2 Å². The lowest BCUT2D eigenvalue weighted by Gasteiger charge is -2.19. The van der Waals surface area contributed by atoms with Crippen molar-refractivity contribution in [1.29, 1.82) is 0 Å². The minimum atomic E-state index is -0.338. The lowest BCUT2D eigenvalue weighted by molar-refractivity contribution is 0.123. The maximum absolute atomic E-state index is 9.80. The van der Waals surface area contributed by atoms with E-state index in [1.165, 1.54) is 0 Å². The first-order valence-corrected chi connectivity index (χ1v) is 7.17. The topological polar surface area (TPSA) is 50.7 Å². The Kier molecular flexibility index (Phi) is 6.82. The van der Waals surface area contributed by atoms with Gasteiger partial charge >= 0.3 is 0 Å². The highest BCUT2D eigenvalue weighted by atomic mass is 16.5. The summed E-state index contributed by atoms with van der Waals surface area (Å²) in [4.78, 5) is 0. The van der Waals surface area contributed by atoms with E-state index >= 15 is 0 Å². The summed E-state index contributed by atoms with van der Waals surface area (Å²) in [7, 11) is 1.64. The molecule has 0 fully saturated rings. The molecule has 0 saturated carbocycles. The summed E-state index contributed by atoms with van der Waals surface area (Å²) >= 11 is 0. The molecule has 0 bridgehead atoms. The summed E-state index contributed by atoms with van der Waals surface area (Å²) < 4.78 is 11.2. The third-order valence-corrected chi connectivity index (χ3v) is 3.07. The fourth-order valence-electron chi connectivity index (χ4n) is 1.82. The Morgan fingerprint density at radius 1 is 1.20 bits per heavy atom. The molecule has 0 aromatic heterocycles. The van der Waals surface area contributed by atoms with Crippen LogP contribution in [0.1, 0.15) is 33.3 Å². The van der Waals surface area contributed by atoms with E-state index in [0.717, 1.165) is 17.1 Å². The average Bonchev–Trinajstić information content (AvgIpc) is 2.39. The molecule has 0 saturated heterocycles. The zero-order chi connectivity index (χ0) is 15.1. The number of methoxy groups -OCH3 is 1. The van der Waals surface area contributed by atoms with Crippen molar-refractivity contribution in [3.05, 3.63) is 23.8 Å². The molecule has 1 aromatic rings. The number of rotatable bonds is 8. The molecule has 4 heteroatoms. The molecule has 4 nitrogen and oxygen atoms in total. The summed E-state index contributed by atoms with van der Waals surface area (Å²) in [6, 6.07) is 5.85. The summed E-state index contributed by atoms with van der Waals surface area (Å²) in [6.45, 7) is 9.20. The van der Waals surface area contributed by atoms with Crippen molar-refractivity contribution < 1.29 is 14.6 Å². The Bertz CT molecular complexity index is 405. The number of para-hydroxylation sites is 1. The number of nitrogens with one attached hydrogen (secondary N) is 1. The molecule has 0 aliphatic heterocycles. The number of aliphatic hydroxyl groups excluding tert-OH is 1. The molecule has 1 atom stereocenters. The number of ether oxygens (including phenoxy) is 2. The van der Waals surface area contributed by atoms with Crippen LogP contribution in [-0.2, 0) is 6.54 Å². The van der Waals surface area contributed by atoms with Crippen LogP contribution in [0.25, 0.3) is 0 Å². The van der Waals surface area contributed by atoms with Crippen molar-refractivity contribution in [2.24, 2.45) is 5.92 Å². The second kappa shape index (κ2) is 8.12. The monoisotopic (exact) mass is 281 g/mol. The minimum Gasteiger partial charge on any atom is -0.493 e. The largest absolute Gasteiger partial charge is 0.493 e. The van der Waals surface area contributed by atoms with Crippen LogP contribution >= 0.6 is 0 Å². The molecule has 2 N–H and O–H groups in total. The van der Waals surface area contributed by atoms with E-state index in [1.54, 1.807) is 7.11 Å². The Morgan fingerprint density at radius 2 is 1.90 bits per heavy atom. The Labute approximate surface area is 122 Å². The second-order valence-corrected chi connectivity index (χ2v) is 5.56. The molecule has 1 unspecified atom stereocenters. The summed E-state index contributed by atoms with van der Waals surface area (Å²) in [6.07, 6.45) is -0.249. The van der Waals surface area contributed by atoms with Gasteiger partial charge in [-0.15, -0.1) is 0 Å². The zero-order valence-electron chi connectivity index (χ0n) is 13.1. The number of aliphatic hydroxyl groups is 1. The third kappa shape index (κ3) is 5.02. The first-order valence-electron chi connectivity index (χ1n) is 7.17. The molecular weight excluding hydrogens is 254 g/mol.